The Morgan fingerprint density at radius 3 is 2.50 bits per heavy atom. The first-order valence-electron chi connectivity index (χ1n) is 5.46. The Kier molecular flexibility index (Phi) is 5.58. The van der Waals surface area contributed by atoms with Crippen LogP contribution in [0.2, 0.25) is 0 Å². The first-order chi connectivity index (χ1) is 8.54. The van der Waals surface area contributed by atoms with E-state index in [9.17, 15) is 9.90 Å². The summed E-state index contributed by atoms with van der Waals surface area (Å²) in [6, 6.07) is 4.38. The zero-order chi connectivity index (χ0) is 13.7. The van der Waals surface area contributed by atoms with Gasteiger partial charge in [-0.25, -0.2) is 0 Å². The number of nitrogens with one attached hydrogen (secondary N) is 2. The SMILES string of the molecule is CNC(C(=O)O)C(NC)c1cc(Br)ccc1OC. The molecule has 0 radical (unpaired) electrons. The van der Waals surface area contributed by atoms with E-state index in [1.54, 1.807) is 27.3 Å². The summed E-state index contributed by atoms with van der Waals surface area (Å²) in [5, 5.41) is 15.0. The van der Waals surface area contributed by atoms with Crippen LogP contribution in [0.5, 0.6) is 5.75 Å². The molecule has 0 bridgehead atoms. The van der Waals surface area contributed by atoms with Gasteiger partial charge in [-0.15, -0.1) is 0 Å². The number of carboxylic acids is 1. The third-order valence-electron chi connectivity index (χ3n) is 2.75. The van der Waals surface area contributed by atoms with Crippen LogP contribution in [0.3, 0.4) is 0 Å². The van der Waals surface area contributed by atoms with Crippen molar-refractivity contribution in [2.45, 2.75) is 12.1 Å². The first-order valence-corrected chi connectivity index (χ1v) is 6.25. The summed E-state index contributed by atoms with van der Waals surface area (Å²) in [7, 11) is 4.90. The van der Waals surface area contributed by atoms with E-state index in [1.165, 1.54) is 0 Å². The minimum absolute atomic E-state index is 0.389. The van der Waals surface area contributed by atoms with Crippen molar-refractivity contribution in [2.24, 2.45) is 0 Å². The van der Waals surface area contributed by atoms with Gasteiger partial charge >= 0.3 is 5.97 Å². The zero-order valence-electron chi connectivity index (χ0n) is 10.5. The molecule has 0 saturated heterocycles. The highest BCUT2D eigenvalue weighted by Gasteiger charge is 2.29. The molecule has 0 aliphatic carbocycles. The molecule has 0 aliphatic heterocycles. The van der Waals surface area contributed by atoms with E-state index >= 15 is 0 Å². The summed E-state index contributed by atoms with van der Waals surface area (Å²) in [6.45, 7) is 0. The molecule has 1 rings (SSSR count). The van der Waals surface area contributed by atoms with E-state index in [-0.39, 0.29) is 6.04 Å². The van der Waals surface area contributed by atoms with Gasteiger partial charge in [0.1, 0.15) is 11.8 Å². The van der Waals surface area contributed by atoms with E-state index in [0.29, 0.717) is 5.75 Å². The van der Waals surface area contributed by atoms with Gasteiger partial charge in [-0.2, -0.15) is 0 Å². The molecule has 2 atom stereocenters. The molecule has 0 aliphatic rings. The Bertz CT molecular complexity index is 426. The van der Waals surface area contributed by atoms with Gasteiger partial charge in [-0.3, -0.25) is 4.79 Å². The Morgan fingerprint density at radius 2 is 2.06 bits per heavy atom. The van der Waals surface area contributed by atoms with Crippen LogP contribution in [0.15, 0.2) is 22.7 Å². The lowest BCUT2D eigenvalue weighted by atomic mass is 9.98. The van der Waals surface area contributed by atoms with Crippen molar-refractivity contribution in [1.82, 2.24) is 10.6 Å². The lowest BCUT2D eigenvalue weighted by Gasteiger charge is -2.25. The molecule has 0 heterocycles. The second kappa shape index (κ2) is 6.72. The molecule has 100 valence electrons. The van der Waals surface area contributed by atoms with Crippen LogP contribution >= 0.6 is 15.9 Å². The molecule has 0 fully saturated rings. The number of benzene rings is 1. The van der Waals surface area contributed by atoms with Crippen molar-refractivity contribution < 1.29 is 14.6 Å². The van der Waals surface area contributed by atoms with Gasteiger partial charge < -0.3 is 20.5 Å². The Hall–Kier alpha value is -1.11. The van der Waals surface area contributed by atoms with E-state index in [0.717, 1.165) is 10.0 Å². The smallest absolute Gasteiger partial charge is 0.322 e. The number of halogens is 1. The van der Waals surface area contributed by atoms with Crippen LogP contribution in [0, 0.1) is 0 Å². The number of rotatable bonds is 6. The van der Waals surface area contributed by atoms with Crippen molar-refractivity contribution in [3.63, 3.8) is 0 Å². The zero-order valence-corrected chi connectivity index (χ0v) is 12.1. The van der Waals surface area contributed by atoms with Crippen molar-refractivity contribution in [1.29, 1.82) is 0 Å². The minimum atomic E-state index is -0.918. The second-order valence-electron chi connectivity index (χ2n) is 3.76. The van der Waals surface area contributed by atoms with Crippen LogP contribution in [0.1, 0.15) is 11.6 Å². The summed E-state index contributed by atoms with van der Waals surface area (Å²) in [6.07, 6.45) is 0. The monoisotopic (exact) mass is 316 g/mol. The Labute approximate surface area is 115 Å². The van der Waals surface area contributed by atoms with E-state index in [1.807, 2.05) is 12.1 Å². The fourth-order valence-corrected chi connectivity index (χ4v) is 2.26. The molecule has 0 saturated carbocycles. The average molecular weight is 317 g/mol. The van der Waals surface area contributed by atoms with Crippen molar-refractivity contribution in [3.8, 4) is 5.75 Å². The van der Waals surface area contributed by atoms with E-state index in [4.69, 9.17) is 4.74 Å². The Morgan fingerprint density at radius 1 is 1.39 bits per heavy atom. The van der Waals surface area contributed by atoms with Crippen LogP contribution in [-0.2, 0) is 4.79 Å². The van der Waals surface area contributed by atoms with Crippen molar-refractivity contribution in [3.05, 3.63) is 28.2 Å². The van der Waals surface area contributed by atoms with Crippen LogP contribution < -0.4 is 15.4 Å². The molecule has 5 nitrogen and oxygen atoms in total. The van der Waals surface area contributed by atoms with Gasteiger partial charge in [0.15, 0.2) is 0 Å². The van der Waals surface area contributed by atoms with Gasteiger partial charge in [0.25, 0.3) is 0 Å². The van der Waals surface area contributed by atoms with Crippen LogP contribution in [0.25, 0.3) is 0 Å². The van der Waals surface area contributed by atoms with E-state index < -0.39 is 12.0 Å². The maximum Gasteiger partial charge on any atom is 0.322 e. The highest BCUT2D eigenvalue weighted by Crippen LogP contribution is 2.30. The molecule has 3 N–H and O–H groups in total. The van der Waals surface area contributed by atoms with Gasteiger partial charge in [0, 0.05) is 10.0 Å². The fourth-order valence-electron chi connectivity index (χ4n) is 1.88. The lowest BCUT2D eigenvalue weighted by Crippen LogP contribution is -2.44. The van der Waals surface area contributed by atoms with Crippen molar-refractivity contribution >= 4 is 21.9 Å². The molecule has 0 aromatic heterocycles. The summed E-state index contributed by atoms with van der Waals surface area (Å²) in [5.74, 6) is -0.266. The number of carbonyl (C=O) groups is 1. The Balaban J connectivity index is 3.22. The largest absolute Gasteiger partial charge is 0.496 e. The molecule has 2 unspecified atom stereocenters. The molecule has 1 aromatic rings. The molecule has 18 heavy (non-hydrogen) atoms. The van der Waals surface area contributed by atoms with Gasteiger partial charge in [-0.05, 0) is 32.3 Å². The fraction of sp³-hybridized carbons (Fsp3) is 0.417. The van der Waals surface area contributed by atoms with Crippen LogP contribution in [0.4, 0.5) is 0 Å². The predicted molar refractivity (Wildman–Crippen MR) is 73.0 cm³/mol. The number of hydrogen-bond donors (Lipinski definition) is 3. The highest BCUT2D eigenvalue weighted by molar-refractivity contribution is 9.10. The standard InChI is InChI=1S/C12H17BrN2O3/c1-14-10(11(15-2)12(16)17)8-6-7(13)4-5-9(8)18-3/h4-6,10-11,14-15H,1-3H3,(H,16,17). The van der Waals surface area contributed by atoms with E-state index in [2.05, 4.69) is 26.6 Å². The number of carboxylic acid groups (broad SMARTS) is 1. The molecule has 0 amide bonds. The molecule has 0 spiro atoms. The summed E-state index contributed by atoms with van der Waals surface area (Å²) in [5.41, 5.74) is 0.788. The molecule has 6 heteroatoms. The topological polar surface area (TPSA) is 70.6 Å². The minimum Gasteiger partial charge on any atom is -0.496 e. The average Bonchev–Trinajstić information content (AvgIpc) is 2.35. The summed E-state index contributed by atoms with van der Waals surface area (Å²) < 4.78 is 6.15. The quantitative estimate of drug-likeness (QED) is 0.740. The van der Waals surface area contributed by atoms with Crippen LogP contribution in [-0.4, -0.2) is 38.3 Å². The van der Waals surface area contributed by atoms with Gasteiger partial charge in [-0.1, -0.05) is 15.9 Å². The van der Waals surface area contributed by atoms with Gasteiger partial charge in [0.05, 0.1) is 13.2 Å². The predicted octanol–water partition coefficient (Wildman–Crippen LogP) is 1.39. The second-order valence-corrected chi connectivity index (χ2v) is 4.67. The molecule has 1 aromatic carbocycles. The first kappa shape index (κ1) is 14.9. The highest BCUT2D eigenvalue weighted by atomic mass is 79.9. The molecular weight excluding hydrogens is 300 g/mol. The normalized spacial score (nSPS) is 14.0. The number of hydrogen-bond acceptors (Lipinski definition) is 4. The van der Waals surface area contributed by atoms with Gasteiger partial charge in [0.2, 0.25) is 0 Å². The third kappa shape index (κ3) is 3.22. The number of ether oxygens (including phenoxy) is 1. The maximum absolute atomic E-state index is 11.2. The summed E-state index contributed by atoms with van der Waals surface area (Å²) >= 11 is 3.38. The molecular formula is C12H17BrN2O3. The number of aliphatic carboxylic acids is 1. The third-order valence-corrected chi connectivity index (χ3v) is 3.24. The van der Waals surface area contributed by atoms with Crippen molar-refractivity contribution in [2.75, 3.05) is 21.2 Å². The maximum atomic E-state index is 11.2. The lowest BCUT2D eigenvalue weighted by molar-refractivity contribution is -0.140. The summed E-state index contributed by atoms with van der Waals surface area (Å²) in [4.78, 5) is 11.2. The number of methoxy groups -OCH3 is 1. The number of likely N-dealkylation sites (N-methyl/N-ethyl adjacent to an activating group) is 2.